The number of nitriles is 1. The summed E-state index contributed by atoms with van der Waals surface area (Å²) in [5.41, 5.74) is 0.699. The Labute approximate surface area is 92.7 Å². The van der Waals surface area contributed by atoms with E-state index < -0.39 is 0 Å². The lowest BCUT2D eigenvalue weighted by Crippen LogP contribution is -2.22. The summed E-state index contributed by atoms with van der Waals surface area (Å²) < 4.78 is 0. The summed E-state index contributed by atoms with van der Waals surface area (Å²) in [5, 5.41) is 11.3. The van der Waals surface area contributed by atoms with Crippen LogP contribution in [0.3, 0.4) is 0 Å². The van der Waals surface area contributed by atoms with Crippen molar-refractivity contribution in [3.63, 3.8) is 0 Å². The van der Waals surface area contributed by atoms with Gasteiger partial charge in [0, 0.05) is 6.20 Å². The van der Waals surface area contributed by atoms with Crippen molar-refractivity contribution in [2.45, 2.75) is 12.2 Å². The second kappa shape index (κ2) is 5.37. The van der Waals surface area contributed by atoms with E-state index in [2.05, 4.69) is 10.3 Å². The first-order valence-electron chi connectivity index (χ1n) is 4.37. The molecule has 0 fully saturated rings. The number of hydrogen-bond acceptors (Lipinski definition) is 4. The zero-order chi connectivity index (χ0) is 11.3. The first kappa shape index (κ1) is 11.5. The maximum atomic E-state index is 11.5. The van der Waals surface area contributed by atoms with Gasteiger partial charge in [-0.05, 0) is 25.3 Å². The van der Waals surface area contributed by atoms with Crippen LogP contribution in [0, 0.1) is 11.3 Å². The number of pyridine rings is 1. The zero-order valence-corrected chi connectivity index (χ0v) is 9.34. The van der Waals surface area contributed by atoms with Gasteiger partial charge in [0.15, 0.2) is 5.69 Å². The van der Waals surface area contributed by atoms with Gasteiger partial charge in [0.1, 0.15) is 6.07 Å². The fourth-order valence-corrected chi connectivity index (χ4v) is 1.21. The van der Waals surface area contributed by atoms with Gasteiger partial charge in [-0.25, -0.2) is 4.98 Å². The molecule has 78 valence electrons. The number of carbonyl (C=O) groups is 1. The molecule has 1 unspecified atom stereocenters. The van der Waals surface area contributed by atoms with E-state index in [-0.39, 0.29) is 16.9 Å². The highest BCUT2D eigenvalue weighted by molar-refractivity contribution is 7.99. The number of nitrogens with zero attached hydrogens (tertiary/aromatic N) is 2. The van der Waals surface area contributed by atoms with Crippen LogP contribution in [0.1, 0.15) is 12.6 Å². The minimum absolute atomic E-state index is 0.119. The molecule has 1 amide bonds. The van der Waals surface area contributed by atoms with Crippen molar-refractivity contribution < 1.29 is 4.79 Å². The molecule has 15 heavy (non-hydrogen) atoms. The summed E-state index contributed by atoms with van der Waals surface area (Å²) in [4.78, 5) is 15.4. The van der Waals surface area contributed by atoms with Crippen molar-refractivity contribution in [1.82, 2.24) is 4.98 Å². The van der Waals surface area contributed by atoms with E-state index in [1.54, 1.807) is 12.1 Å². The monoisotopic (exact) mass is 221 g/mol. The van der Waals surface area contributed by atoms with Crippen LogP contribution in [0.25, 0.3) is 0 Å². The van der Waals surface area contributed by atoms with Crippen LogP contribution in [0.5, 0.6) is 0 Å². The van der Waals surface area contributed by atoms with Gasteiger partial charge in [-0.1, -0.05) is 0 Å². The third-order valence-electron chi connectivity index (χ3n) is 1.89. The minimum Gasteiger partial charge on any atom is -0.323 e. The lowest BCUT2D eigenvalue weighted by atomic mass is 10.3. The van der Waals surface area contributed by atoms with Crippen LogP contribution in [-0.2, 0) is 4.79 Å². The fourth-order valence-electron chi connectivity index (χ4n) is 0.937. The van der Waals surface area contributed by atoms with E-state index in [9.17, 15) is 4.79 Å². The SMILES string of the molecule is CSC(C)C(=O)Nc1cccnc1C#N. The predicted octanol–water partition coefficient (Wildman–Crippen LogP) is 1.64. The second-order valence-corrected chi connectivity index (χ2v) is 4.06. The Morgan fingerprint density at radius 1 is 1.73 bits per heavy atom. The second-order valence-electron chi connectivity index (χ2n) is 2.88. The standard InChI is InChI=1S/C10H11N3OS/c1-7(15-2)10(14)13-8-4-3-5-12-9(8)6-11/h3-5,7H,1-2H3,(H,13,14). The third-order valence-corrected chi connectivity index (χ3v) is 2.82. The van der Waals surface area contributed by atoms with Crippen LogP contribution < -0.4 is 5.32 Å². The summed E-state index contributed by atoms with van der Waals surface area (Å²) in [6, 6.07) is 5.27. The molecule has 0 aromatic carbocycles. The highest BCUT2D eigenvalue weighted by Gasteiger charge is 2.13. The number of nitrogens with one attached hydrogen (secondary N) is 1. The highest BCUT2D eigenvalue weighted by atomic mass is 32.2. The van der Waals surface area contributed by atoms with Crippen LogP contribution in [0.2, 0.25) is 0 Å². The predicted molar refractivity (Wildman–Crippen MR) is 60.6 cm³/mol. The van der Waals surface area contributed by atoms with E-state index in [1.807, 2.05) is 19.2 Å². The van der Waals surface area contributed by atoms with Gasteiger partial charge in [-0.2, -0.15) is 17.0 Å². The van der Waals surface area contributed by atoms with E-state index in [1.165, 1.54) is 18.0 Å². The molecule has 0 aliphatic carbocycles. The molecule has 1 aromatic heterocycles. The Balaban J connectivity index is 2.81. The summed E-state index contributed by atoms with van der Waals surface area (Å²) in [6.07, 6.45) is 3.38. The molecule has 1 atom stereocenters. The highest BCUT2D eigenvalue weighted by Crippen LogP contribution is 2.13. The number of rotatable bonds is 3. The van der Waals surface area contributed by atoms with Gasteiger partial charge in [0.25, 0.3) is 0 Å². The number of amides is 1. The summed E-state index contributed by atoms with van der Waals surface area (Å²) in [5.74, 6) is -0.119. The van der Waals surface area contributed by atoms with Crippen molar-refractivity contribution in [1.29, 1.82) is 5.26 Å². The molecule has 1 aromatic rings. The van der Waals surface area contributed by atoms with E-state index >= 15 is 0 Å². The molecule has 0 spiro atoms. The molecule has 5 heteroatoms. The molecule has 0 saturated heterocycles. The maximum absolute atomic E-state index is 11.5. The van der Waals surface area contributed by atoms with Gasteiger partial charge >= 0.3 is 0 Å². The maximum Gasteiger partial charge on any atom is 0.237 e. The third kappa shape index (κ3) is 2.96. The lowest BCUT2D eigenvalue weighted by molar-refractivity contribution is -0.115. The average molecular weight is 221 g/mol. The van der Waals surface area contributed by atoms with Crippen molar-refractivity contribution >= 4 is 23.4 Å². The first-order valence-corrected chi connectivity index (χ1v) is 5.66. The summed E-state index contributed by atoms with van der Waals surface area (Å²) in [7, 11) is 0. The molecular formula is C10H11N3OS. The smallest absolute Gasteiger partial charge is 0.237 e. The van der Waals surface area contributed by atoms with Crippen LogP contribution in [-0.4, -0.2) is 22.4 Å². The molecule has 0 bridgehead atoms. The Kier molecular flexibility index (Phi) is 4.13. The molecule has 1 heterocycles. The average Bonchev–Trinajstić information content (AvgIpc) is 2.28. The number of anilines is 1. The molecule has 0 radical (unpaired) electrons. The van der Waals surface area contributed by atoms with Gasteiger partial charge in [-0.15, -0.1) is 0 Å². The van der Waals surface area contributed by atoms with E-state index in [4.69, 9.17) is 5.26 Å². The molecule has 0 aliphatic rings. The van der Waals surface area contributed by atoms with Crippen LogP contribution >= 0.6 is 11.8 Å². The Morgan fingerprint density at radius 2 is 2.47 bits per heavy atom. The first-order chi connectivity index (χ1) is 7.19. The van der Waals surface area contributed by atoms with Crippen molar-refractivity contribution in [2.75, 3.05) is 11.6 Å². The van der Waals surface area contributed by atoms with Gasteiger partial charge < -0.3 is 5.32 Å². The number of aromatic nitrogens is 1. The molecule has 0 aliphatic heterocycles. The number of carbonyl (C=O) groups excluding carboxylic acids is 1. The normalized spacial score (nSPS) is 11.5. The topological polar surface area (TPSA) is 65.8 Å². The fraction of sp³-hybridized carbons (Fsp3) is 0.300. The Morgan fingerprint density at radius 3 is 3.07 bits per heavy atom. The quantitative estimate of drug-likeness (QED) is 0.842. The van der Waals surface area contributed by atoms with Crippen molar-refractivity contribution in [2.24, 2.45) is 0 Å². The molecule has 1 N–H and O–H groups in total. The number of thioether (sulfide) groups is 1. The van der Waals surface area contributed by atoms with Gasteiger partial charge in [0.05, 0.1) is 10.9 Å². The summed E-state index contributed by atoms with van der Waals surface area (Å²) >= 11 is 1.45. The Bertz CT molecular complexity index is 400. The molecule has 1 rings (SSSR count). The number of hydrogen-bond donors (Lipinski definition) is 1. The molecular weight excluding hydrogens is 210 g/mol. The van der Waals surface area contributed by atoms with E-state index in [0.29, 0.717) is 5.69 Å². The molecule has 0 saturated carbocycles. The Hall–Kier alpha value is -1.54. The molecule has 4 nitrogen and oxygen atoms in total. The lowest BCUT2D eigenvalue weighted by Gasteiger charge is -2.09. The minimum atomic E-state index is -0.142. The summed E-state index contributed by atoms with van der Waals surface area (Å²) in [6.45, 7) is 1.81. The van der Waals surface area contributed by atoms with Crippen molar-refractivity contribution in [3.8, 4) is 6.07 Å². The largest absolute Gasteiger partial charge is 0.323 e. The van der Waals surface area contributed by atoms with E-state index in [0.717, 1.165) is 0 Å². The van der Waals surface area contributed by atoms with Crippen molar-refractivity contribution in [3.05, 3.63) is 24.0 Å². The van der Waals surface area contributed by atoms with Gasteiger partial charge in [-0.3, -0.25) is 4.79 Å². The zero-order valence-electron chi connectivity index (χ0n) is 8.52. The van der Waals surface area contributed by atoms with Crippen LogP contribution in [0.4, 0.5) is 5.69 Å². The van der Waals surface area contributed by atoms with Gasteiger partial charge in [0.2, 0.25) is 5.91 Å². The van der Waals surface area contributed by atoms with Crippen LogP contribution in [0.15, 0.2) is 18.3 Å².